The normalized spacial score (nSPS) is 18.7. The number of nitrogens with one attached hydrogen (secondary N) is 2. The van der Waals surface area contributed by atoms with Gasteiger partial charge in [-0.1, -0.05) is 12.8 Å². The lowest BCUT2D eigenvalue weighted by molar-refractivity contribution is 0.0475. The number of benzene rings is 1. The van der Waals surface area contributed by atoms with Gasteiger partial charge in [-0.2, -0.15) is 5.10 Å². The molecule has 2 aliphatic rings. The van der Waals surface area contributed by atoms with Crippen LogP contribution in [-0.4, -0.2) is 40.7 Å². The number of hydrogen-bond donors (Lipinski definition) is 3. The fourth-order valence-corrected chi connectivity index (χ4v) is 3.53. The smallest absolute Gasteiger partial charge is 0.162 e. The molecule has 0 spiro atoms. The number of hydrogen-bond acceptors (Lipinski definition) is 5. The van der Waals surface area contributed by atoms with Crippen LogP contribution in [0.5, 0.6) is 11.5 Å². The first kappa shape index (κ1) is 15.5. The van der Waals surface area contributed by atoms with Gasteiger partial charge in [0.25, 0.3) is 0 Å². The van der Waals surface area contributed by atoms with Crippen molar-refractivity contribution in [1.82, 2.24) is 15.5 Å². The van der Waals surface area contributed by atoms with E-state index in [0.717, 1.165) is 54.0 Å². The van der Waals surface area contributed by atoms with Crippen LogP contribution in [0.3, 0.4) is 0 Å². The van der Waals surface area contributed by atoms with Gasteiger partial charge in [0, 0.05) is 24.2 Å². The summed E-state index contributed by atoms with van der Waals surface area (Å²) in [5.41, 5.74) is 2.53. The number of aliphatic hydroxyl groups is 1. The molecule has 0 bridgehead atoms. The van der Waals surface area contributed by atoms with Crippen molar-refractivity contribution < 1.29 is 14.6 Å². The lowest BCUT2D eigenvalue weighted by Crippen LogP contribution is -2.37. The average molecular weight is 329 g/mol. The first-order valence-corrected chi connectivity index (χ1v) is 8.59. The summed E-state index contributed by atoms with van der Waals surface area (Å²) in [7, 11) is 0. The molecule has 0 radical (unpaired) electrons. The molecule has 3 N–H and O–H groups in total. The standard InChI is InChI=1S/C18H23N3O3/c22-18(5-1-2-6-18)12-19-10-14-11-20-21-17(14)13-3-4-15-16(9-13)24-8-7-23-15/h3-4,9,11,19,22H,1-2,5-8,10,12H2,(H,20,21). The maximum atomic E-state index is 10.4. The van der Waals surface area contributed by atoms with Gasteiger partial charge < -0.3 is 19.9 Å². The molecule has 0 unspecified atom stereocenters. The van der Waals surface area contributed by atoms with Gasteiger partial charge in [0.15, 0.2) is 11.5 Å². The number of fused-ring (bicyclic) bond motifs is 1. The van der Waals surface area contributed by atoms with E-state index in [4.69, 9.17) is 9.47 Å². The number of nitrogens with zero attached hydrogens (tertiary/aromatic N) is 1. The van der Waals surface area contributed by atoms with Crippen LogP contribution in [0, 0.1) is 0 Å². The van der Waals surface area contributed by atoms with Crippen molar-refractivity contribution in [1.29, 1.82) is 0 Å². The van der Waals surface area contributed by atoms with Crippen LogP contribution in [0.2, 0.25) is 0 Å². The van der Waals surface area contributed by atoms with Crippen LogP contribution < -0.4 is 14.8 Å². The van der Waals surface area contributed by atoms with Crippen molar-refractivity contribution in [3.8, 4) is 22.8 Å². The highest BCUT2D eigenvalue weighted by Crippen LogP contribution is 2.35. The molecule has 6 nitrogen and oxygen atoms in total. The van der Waals surface area contributed by atoms with Gasteiger partial charge in [-0.3, -0.25) is 5.10 Å². The minimum atomic E-state index is -0.541. The zero-order valence-electron chi connectivity index (χ0n) is 13.7. The van der Waals surface area contributed by atoms with Gasteiger partial charge in [0.05, 0.1) is 17.5 Å². The van der Waals surface area contributed by atoms with Crippen LogP contribution in [0.15, 0.2) is 24.4 Å². The van der Waals surface area contributed by atoms with E-state index < -0.39 is 5.60 Å². The first-order chi connectivity index (χ1) is 11.7. The molecule has 1 aliphatic carbocycles. The average Bonchev–Trinajstić information content (AvgIpc) is 3.24. The van der Waals surface area contributed by atoms with Gasteiger partial charge in [0.2, 0.25) is 0 Å². The number of ether oxygens (including phenoxy) is 2. The first-order valence-electron chi connectivity index (χ1n) is 8.59. The van der Waals surface area contributed by atoms with Gasteiger partial charge >= 0.3 is 0 Å². The Bertz CT molecular complexity index is 707. The minimum absolute atomic E-state index is 0.541. The van der Waals surface area contributed by atoms with E-state index in [-0.39, 0.29) is 0 Å². The van der Waals surface area contributed by atoms with E-state index >= 15 is 0 Å². The zero-order valence-corrected chi connectivity index (χ0v) is 13.7. The molecular weight excluding hydrogens is 306 g/mol. The number of rotatable bonds is 5. The predicted octanol–water partition coefficient (Wildman–Crippen LogP) is 2.24. The van der Waals surface area contributed by atoms with Crippen molar-refractivity contribution in [2.24, 2.45) is 0 Å². The SMILES string of the molecule is OC1(CNCc2cn[nH]c2-c2ccc3c(c2)OCCO3)CCCC1. The van der Waals surface area contributed by atoms with Crippen molar-refractivity contribution in [3.05, 3.63) is 30.0 Å². The number of H-pyrrole nitrogens is 1. The third kappa shape index (κ3) is 3.12. The fourth-order valence-electron chi connectivity index (χ4n) is 3.53. The second-order valence-electron chi connectivity index (χ2n) is 6.66. The van der Waals surface area contributed by atoms with Gasteiger partial charge in [-0.15, -0.1) is 0 Å². The molecule has 2 aromatic rings. The topological polar surface area (TPSA) is 79.4 Å². The van der Waals surface area contributed by atoms with Crippen LogP contribution in [0.4, 0.5) is 0 Å². The molecule has 0 amide bonds. The third-order valence-electron chi connectivity index (χ3n) is 4.85. The largest absolute Gasteiger partial charge is 0.486 e. The summed E-state index contributed by atoms with van der Waals surface area (Å²) in [6.07, 6.45) is 5.84. The molecule has 128 valence electrons. The Balaban J connectivity index is 1.46. The van der Waals surface area contributed by atoms with Crippen molar-refractivity contribution in [3.63, 3.8) is 0 Å². The second kappa shape index (κ2) is 6.45. The Labute approximate surface area is 141 Å². The monoisotopic (exact) mass is 329 g/mol. The Morgan fingerprint density at radius 2 is 1.96 bits per heavy atom. The molecule has 1 aromatic heterocycles. The molecule has 1 saturated carbocycles. The predicted molar refractivity (Wildman–Crippen MR) is 90.1 cm³/mol. The van der Waals surface area contributed by atoms with Gasteiger partial charge in [0.1, 0.15) is 13.2 Å². The van der Waals surface area contributed by atoms with E-state index in [1.54, 1.807) is 0 Å². The van der Waals surface area contributed by atoms with Crippen molar-refractivity contribution >= 4 is 0 Å². The third-order valence-corrected chi connectivity index (χ3v) is 4.85. The molecule has 24 heavy (non-hydrogen) atoms. The van der Waals surface area contributed by atoms with E-state index in [1.165, 1.54) is 0 Å². The quantitative estimate of drug-likeness (QED) is 0.784. The molecule has 0 atom stereocenters. The summed E-state index contributed by atoms with van der Waals surface area (Å²) in [4.78, 5) is 0. The Hall–Kier alpha value is -2.05. The minimum Gasteiger partial charge on any atom is -0.486 e. The van der Waals surface area contributed by atoms with Crippen molar-refractivity contribution in [2.75, 3.05) is 19.8 Å². The van der Waals surface area contributed by atoms with E-state index in [1.807, 2.05) is 24.4 Å². The van der Waals surface area contributed by atoms with Crippen LogP contribution in [0.25, 0.3) is 11.3 Å². The summed E-state index contributed by atoms with van der Waals surface area (Å²) in [6.45, 7) is 2.46. The maximum Gasteiger partial charge on any atom is 0.162 e. The second-order valence-corrected chi connectivity index (χ2v) is 6.66. The maximum absolute atomic E-state index is 10.4. The summed E-state index contributed by atoms with van der Waals surface area (Å²) in [5, 5.41) is 21.0. The van der Waals surface area contributed by atoms with Crippen LogP contribution in [-0.2, 0) is 6.54 Å². The van der Waals surface area contributed by atoms with Crippen LogP contribution in [0.1, 0.15) is 31.2 Å². The molecule has 0 saturated heterocycles. The molecule has 1 aromatic carbocycles. The summed E-state index contributed by atoms with van der Waals surface area (Å²) in [6, 6.07) is 5.92. The lowest BCUT2D eigenvalue weighted by Gasteiger charge is -2.22. The fraction of sp³-hybridized carbons (Fsp3) is 0.500. The highest BCUT2D eigenvalue weighted by Gasteiger charge is 2.30. The molecular formula is C18H23N3O3. The molecule has 1 fully saturated rings. The zero-order chi connectivity index (χ0) is 16.4. The van der Waals surface area contributed by atoms with E-state index in [2.05, 4.69) is 15.5 Å². The summed E-state index contributed by atoms with van der Waals surface area (Å²) < 4.78 is 11.2. The number of aromatic amines is 1. The molecule has 6 heteroatoms. The molecule has 1 aliphatic heterocycles. The van der Waals surface area contributed by atoms with Gasteiger partial charge in [-0.25, -0.2) is 0 Å². The van der Waals surface area contributed by atoms with Gasteiger partial charge in [-0.05, 0) is 31.0 Å². The highest BCUT2D eigenvalue weighted by molar-refractivity contribution is 5.66. The molecule has 2 heterocycles. The number of aromatic nitrogens is 2. The Morgan fingerprint density at radius 1 is 1.17 bits per heavy atom. The van der Waals surface area contributed by atoms with E-state index in [9.17, 15) is 5.11 Å². The summed E-state index contributed by atoms with van der Waals surface area (Å²) in [5.74, 6) is 1.56. The summed E-state index contributed by atoms with van der Waals surface area (Å²) >= 11 is 0. The lowest BCUT2D eigenvalue weighted by atomic mass is 10.0. The van der Waals surface area contributed by atoms with E-state index in [0.29, 0.717) is 26.3 Å². The molecule has 4 rings (SSSR count). The van der Waals surface area contributed by atoms with Crippen molar-refractivity contribution in [2.45, 2.75) is 37.8 Å². The van der Waals surface area contributed by atoms with Crippen LogP contribution >= 0.6 is 0 Å². The highest BCUT2D eigenvalue weighted by atomic mass is 16.6. The Morgan fingerprint density at radius 3 is 2.79 bits per heavy atom. The Kier molecular flexibility index (Phi) is 4.16.